The molecule has 2 rings (SSSR count). The van der Waals surface area contributed by atoms with Gasteiger partial charge in [-0.1, -0.05) is 0 Å². The van der Waals surface area contributed by atoms with E-state index < -0.39 is 6.09 Å². The van der Waals surface area contributed by atoms with Crippen LogP contribution in [0.3, 0.4) is 0 Å². The lowest BCUT2D eigenvalue weighted by atomic mass is 10.1. The van der Waals surface area contributed by atoms with E-state index in [1.54, 1.807) is 0 Å². The third kappa shape index (κ3) is 2.93. The van der Waals surface area contributed by atoms with E-state index in [4.69, 9.17) is 0 Å². The first-order chi connectivity index (χ1) is 9.51. The molecule has 1 unspecified atom stereocenters. The molecule has 0 aliphatic carbocycles. The van der Waals surface area contributed by atoms with Gasteiger partial charge in [-0.25, -0.2) is 4.79 Å². The van der Waals surface area contributed by atoms with Crippen molar-refractivity contribution in [2.75, 3.05) is 20.2 Å². The topological polar surface area (TPSA) is 99.1 Å². The number of aromatic hydroxyl groups is 2. The summed E-state index contributed by atoms with van der Waals surface area (Å²) in [5.41, 5.74) is 0.0451. The largest absolute Gasteiger partial charge is 0.508 e. The zero-order chi connectivity index (χ0) is 14.7. The fraction of sp³-hybridized carbons (Fsp3) is 0.385. The summed E-state index contributed by atoms with van der Waals surface area (Å²) >= 11 is 0. The van der Waals surface area contributed by atoms with Crippen LogP contribution in [0.4, 0.5) is 4.79 Å². The van der Waals surface area contributed by atoms with Crippen LogP contribution in [0, 0.1) is 0 Å². The maximum Gasteiger partial charge on any atom is 0.407 e. The van der Waals surface area contributed by atoms with Crippen molar-refractivity contribution in [2.45, 2.75) is 12.5 Å². The molecule has 1 fully saturated rings. The maximum absolute atomic E-state index is 12.2. The second kappa shape index (κ2) is 5.68. The van der Waals surface area contributed by atoms with E-state index in [2.05, 4.69) is 10.1 Å². The number of methoxy groups -OCH3 is 1. The van der Waals surface area contributed by atoms with Gasteiger partial charge in [0.2, 0.25) is 0 Å². The van der Waals surface area contributed by atoms with E-state index in [1.807, 2.05) is 0 Å². The first-order valence-electron chi connectivity index (χ1n) is 6.17. The fourth-order valence-corrected chi connectivity index (χ4v) is 2.15. The SMILES string of the molecule is COC(=O)NC1CCN(C(=O)c2cc(O)ccc2O)C1. The van der Waals surface area contributed by atoms with Gasteiger partial charge in [0, 0.05) is 13.1 Å². The number of ether oxygens (including phenoxy) is 1. The van der Waals surface area contributed by atoms with Crippen LogP contribution in [0.2, 0.25) is 0 Å². The molecule has 2 amide bonds. The van der Waals surface area contributed by atoms with Gasteiger partial charge in [-0.15, -0.1) is 0 Å². The minimum Gasteiger partial charge on any atom is -0.508 e. The Morgan fingerprint density at radius 2 is 2.15 bits per heavy atom. The van der Waals surface area contributed by atoms with Crippen LogP contribution < -0.4 is 5.32 Å². The van der Waals surface area contributed by atoms with Crippen LogP contribution in [-0.2, 0) is 4.74 Å². The molecule has 1 aliphatic heterocycles. The Morgan fingerprint density at radius 1 is 1.40 bits per heavy atom. The Labute approximate surface area is 115 Å². The zero-order valence-electron chi connectivity index (χ0n) is 11.0. The lowest BCUT2D eigenvalue weighted by Crippen LogP contribution is -2.38. The molecule has 1 atom stereocenters. The summed E-state index contributed by atoms with van der Waals surface area (Å²) < 4.78 is 4.50. The number of hydrogen-bond acceptors (Lipinski definition) is 5. The molecule has 0 aromatic heterocycles. The van der Waals surface area contributed by atoms with Crippen LogP contribution in [0.25, 0.3) is 0 Å². The summed E-state index contributed by atoms with van der Waals surface area (Å²) in [4.78, 5) is 24.8. The van der Waals surface area contributed by atoms with Crippen molar-refractivity contribution in [3.63, 3.8) is 0 Å². The number of hydrogen-bond donors (Lipinski definition) is 3. The predicted octanol–water partition coefficient (Wildman–Crippen LogP) is 0.668. The van der Waals surface area contributed by atoms with Crippen molar-refractivity contribution in [2.24, 2.45) is 0 Å². The van der Waals surface area contributed by atoms with Crippen LogP contribution >= 0.6 is 0 Å². The number of phenolic OH excluding ortho intramolecular Hbond substituents is 2. The normalized spacial score (nSPS) is 17.9. The summed E-state index contributed by atoms with van der Waals surface area (Å²) in [6.45, 7) is 0.797. The molecule has 3 N–H and O–H groups in total. The van der Waals surface area contributed by atoms with Gasteiger partial charge in [0.15, 0.2) is 0 Å². The van der Waals surface area contributed by atoms with Crippen molar-refractivity contribution in [3.8, 4) is 11.5 Å². The van der Waals surface area contributed by atoms with Crippen molar-refractivity contribution >= 4 is 12.0 Å². The second-order valence-corrected chi connectivity index (χ2v) is 4.57. The molecule has 1 saturated heterocycles. The second-order valence-electron chi connectivity index (χ2n) is 4.57. The summed E-state index contributed by atoms with van der Waals surface area (Å²) in [6.07, 6.45) is 0.0740. The Bertz CT molecular complexity index is 531. The van der Waals surface area contributed by atoms with E-state index in [9.17, 15) is 19.8 Å². The van der Waals surface area contributed by atoms with E-state index in [0.717, 1.165) is 0 Å². The molecular formula is C13H16N2O5. The molecule has 0 saturated carbocycles. The van der Waals surface area contributed by atoms with Gasteiger partial charge in [0.05, 0.1) is 18.7 Å². The lowest BCUT2D eigenvalue weighted by Gasteiger charge is -2.17. The Kier molecular flexibility index (Phi) is 3.97. The molecule has 7 nitrogen and oxygen atoms in total. The molecule has 1 heterocycles. The Morgan fingerprint density at radius 3 is 2.85 bits per heavy atom. The highest BCUT2D eigenvalue weighted by molar-refractivity contribution is 5.97. The summed E-state index contributed by atoms with van der Waals surface area (Å²) in [5, 5.41) is 21.7. The van der Waals surface area contributed by atoms with Gasteiger partial charge in [-0.05, 0) is 24.6 Å². The third-order valence-corrected chi connectivity index (χ3v) is 3.19. The summed E-state index contributed by atoms with van der Waals surface area (Å²) in [6, 6.07) is 3.62. The average molecular weight is 280 g/mol. The monoisotopic (exact) mass is 280 g/mol. The number of nitrogens with zero attached hydrogens (tertiary/aromatic N) is 1. The van der Waals surface area contributed by atoms with Crippen LogP contribution in [0.1, 0.15) is 16.8 Å². The predicted molar refractivity (Wildman–Crippen MR) is 69.6 cm³/mol. The number of rotatable bonds is 2. The molecule has 1 aromatic carbocycles. The van der Waals surface area contributed by atoms with Crippen molar-refractivity contribution in [3.05, 3.63) is 23.8 Å². The van der Waals surface area contributed by atoms with Gasteiger partial charge in [-0.3, -0.25) is 4.79 Å². The molecule has 20 heavy (non-hydrogen) atoms. The summed E-state index contributed by atoms with van der Waals surface area (Å²) in [7, 11) is 1.28. The zero-order valence-corrected chi connectivity index (χ0v) is 11.0. The third-order valence-electron chi connectivity index (χ3n) is 3.19. The highest BCUT2D eigenvalue weighted by Gasteiger charge is 2.29. The minimum atomic E-state index is -0.537. The maximum atomic E-state index is 12.2. The van der Waals surface area contributed by atoms with Crippen LogP contribution in [0.5, 0.6) is 11.5 Å². The van der Waals surface area contributed by atoms with Gasteiger partial charge in [-0.2, -0.15) is 0 Å². The van der Waals surface area contributed by atoms with Gasteiger partial charge in [0.1, 0.15) is 11.5 Å². The van der Waals surface area contributed by atoms with E-state index >= 15 is 0 Å². The van der Waals surface area contributed by atoms with Crippen molar-refractivity contribution in [1.82, 2.24) is 10.2 Å². The first-order valence-corrected chi connectivity index (χ1v) is 6.17. The van der Waals surface area contributed by atoms with Gasteiger partial charge < -0.3 is 25.2 Å². The number of alkyl carbamates (subject to hydrolysis) is 1. The van der Waals surface area contributed by atoms with E-state index in [1.165, 1.54) is 30.2 Å². The smallest absolute Gasteiger partial charge is 0.407 e. The molecule has 7 heteroatoms. The highest BCUT2D eigenvalue weighted by atomic mass is 16.5. The average Bonchev–Trinajstić information content (AvgIpc) is 2.89. The number of carbonyl (C=O) groups excluding carboxylic acids is 2. The molecular weight excluding hydrogens is 264 g/mol. The molecule has 0 bridgehead atoms. The van der Waals surface area contributed by atoms with E-state index in [-0.39, 0.29) is 29.0 Å². The van der Waals surface area contributed by atoms with Crippen LogP contribution in [0.15, 0.2) is 18.2 Å². The highest BCUT2D eigenvalue weighted by Crippen LogP contribution is 2.25. The van der Waals surface area contributed by atoms with Gasteiger partial charge >= 0.3 is 6.09 Å². The van der Waals surface area contributed by atoms with E-state index in [0.29, 0.717) is 19.5 Å². The number of carbonyl (C=O) groups is 2. The van der Waals surface area contributed by atoms with Gasteiger partial charge in [0.25, 0.3) is 5.91 Å². The fourth-order valence-electron chi connectivity index (χ4n) is 2.15. The van der Waals surface area contributed by atoms with Crippen molar-refractivity contribution in [1.29, 1.82) is 0 Å². The number of likely N-dealkylation sites (tertiary alicyclic amines) is 1. The standard InChI is InChI=1S/C13H16N2O5/c1-20-13(19)14-8-4-5-15(7-8)12(18)10-6-9(16)2-3-11(10)17/h2-3,6,8,16-17H,4-5,7H2,1H3,(H,14,19). The molecule has 0 spiro atoms. The number of nitrogens with one attached hydrogen (secondary N) is 1. The number of phenols is 2. The first kappa shape index (κ1) is 14.0. The van der Waals surface area contributed by atoms with Crippen molar-refractivity contribution < 1.29 is 24.5 Å². The molecule has 1 aromatic rings. The molecule has 1 aliphatic rings. The van der Waals surface area contributed by atoms with Crippen LogP contribution in [-0.4, -0.2) is 53.4 Å². The summed E-state index contributed by atoms with van der Waals surface area (Å²) in [5.74, 6) is -0.653. The lowest BCUT2D eigenvalue weighted by molar-refractivity contribution is 0.0784. The minimum absolute atomic E-state index is 0.0451. The Balaban J connectivity index is 2.04. The Hall–Kier alpha value is -2.44. The quantitative estimate of drug-likeness (QED) is 0.691. The number of benzene rings is 1. The number of amides is 2. The molecule has 0 radical (unpaired) electrons. The molecule has 108 valence electrons.